The topological polar surface area (TPSA) is 72.2 Å². The third-order valence-electron chi connectivity index (χ3n) is 3.29. The van der Waals surface area contributed by atoms with Crippen LogP contribution in [0.1, 0.15) is 12.1 Å². The summed E-state index contributed by atoms with van der Waals surface area (Å²) in [6.07, 6.45) is 3.52. The molecule has 0 fully saturated rings. The number of aliphatic hydroxyl groups is 2. The van der Waals surface area contributed by atoms with Crippen LogP contribution in [0.25, 0.3) is 5.52 Å². The lowest BCUT2D eigenvalue weighted by molar-refractivity contribution is 0.00356. The Hall–Kier alpha value is -1.18. The first-order chi connectivity index (χ1) is 9.63. The van der Waals surface area contributed by atoms with Crippen LogP contribution in [0, 0.1) is 0 Å². The Bertz CT molecular complexity index is 571. The van der Waals surface area contributed by atoms with E-state index in [1.54, 1.807) is 0 Å². The molecule has 110 valence electrons. The second-order valence-corrected chi connectivity index (χ2v) is 5.69. The average molecular weight is 343 g/mol. The first-order valence-electron chi connectivity index (χ1n) is 6.64. The predicted octanol–water partition coefficient (Wildman–Crippen LogP) is 1.10. The summed E-state index contributed by atoms with van der Waals surface area (Å²) in [6.45, 7) is 2.94. The predicted molar refractivity (Wildman–Crippen MR) is 83.9 cm³/mol. The second-order valence-electron chi connectivity index (χ2n) is 4.84. The molecule has 0 amide bonds. The van der Waals surface area contributed by atoms with E-state index < -0.39 is 0 Å². The van der Waals surface area contributed by atoms with Crippen LogP contribution in [-0.4, -0.2) is 58.1 Å². The van der Waals surface area contributed by atoms with Crippen LogP contribution in [0.4, 0.5) is 5.82 Å². The van der Waals surface area contributed by atoms with Gasteiger partial charge in [-0.2, -0.15) is 5.10 Å². The van der Waals surface area contributed by atoms with Crippen molar-refractivity contribution in [1.82, 2.24) is 19.5 Å². The molecule has 2 aromatic rings. The summed E-state index contributed by atoms with van der Waals surface area (Å²) in [5, 5.41) is 4.28. The van der Waals surface area contributed by atoms with Gasteiger partial charge in [-0.25, -0.2) is 9.50 Å². The van der Waals surface area contributed by atoms with Crippen molar-refractivity contribution in [3.63, 3.8) is 0 Å². The maximum absolute atomic E-state index is 5.88. The summed E-state index contributed by atoms with van der Waals surface area (Å²) in [7, 11) is 3.97. The maximum Gasteiger partial charge on any atom is 0.157 e. The molecular weight excluding hydrogens is 322 g/mol. The first-order valence-corrected chi connectivity index (χ1v) is 7.43. The third-order valence-corrected chi connectivity index (χ3v) is 3.89. The van der Waals surface area contributed by atoms with E-state index in [0.717, 1.165) is 48.2 Å². The van der Waals surface area contributed by atoms with Gasteiger partial charge in [-0.1, -0.05) is 0 Å². The van der Waals surface area contributed by atoms with Gasteiger partial charge >= 0.3 is 0 Å². The number of rotatable bonds is 7. The lowest BCUT2D eigenvalue weighted by Crippen LogP contribution is -2.25. The molecule has 20 heavy (non-hydrogen) atoms. The highest BCUT2D eigenvalue weighted by molar-refractivity contribution is 9.10. The Morgan fingerprint density at radius 1 is 1.45 bits per heavy atom. The van der Waals surface area contributed by atoms with Crippen LogP contribution < -0.4 is 5.73 Å². The van der Waals surface area contributed by atoms with Crippen molar-refractivity contribution in [2.24, 2.45) is 0 Å². The summed E-state index contributed by atoms with van der Waals surface area (Å²) < 4.78 is 6.93. The van der Waals surface area contributed by atoms with Crippen LogP contribution in [0.5, 0.6) is 0 Å². The van der Waals surface area contributed by atoms with Crippen molar-refractivity contribution in [2.75, 3.05) is 39.6 Å². The Labute approximate surface area is 127 Å². The Kier molecular flexibility index (Phi) is 5.33. The zero-order valence-corrected chi connectivity index (χ0v) is 13.5. The van der Waals surface area contributed by atoms with E-state index in [0.29, 0.717) is 5.82 Å². The average Bonchev–Trinajstić information content (AvgIpc) is 2.74. The van der Waals surface area contributed by atoms with Crippen LogP contribution in [0.2, 0.25) is 0 Å². The minimum Gasteiger partial charge on any atom is -0.435 e. The minimum atomic E-state index is 0.500. The van der Waals surface area contributed by atoms with Crippen molar-refractivity contribution in [3.8, 4) is 0 Å². The number of aryl methyl sites for hydroxylation is 1. The highest BCUT2D eigenvalue weighted by Crippen LogP contribution is 2.25. The summed E-state index contributed by atoms with van der Waals surface area (Å²) in [6, 6.07) is 2.07. The van der Waals surface area contributed by atoms with Crippen molar-refractivity contribution in [3.05, 3.63) is 22.6 Å². The standard InChI is InChI=1S/C13H20BrN5O/c1-18(6-7-20-2)5-3-4-10-8-11(14)12-13(15)16-9-17-19(10)12/h8-9H,3-7H2,1-2H3,(H2,15,16,17)/p+1. The van der Waals surface area contributed by atoms with Gasteiger partial charge in [-0.15, -0.1) is 0 Å². The first kappa shape index (κ1) is 15.2. The number of ether oxygens (including phenoxy) is 1. The molecule has 0 bridgehead atoms. The van der Waals surface area contributed by atoms with Gasteiger partial charge in [0, 0.05) is 10.2 Å². The fourth-order valence-corrected chi connectivity index (χ4v) is 2.81. The summed E-state index contributed by atoms with van der Waals surface area (Å²) in [5.74, 6) is 0.500. The monoisotopic (exact) mass is 342 g/mol. The van der Waals surface area contributed by atoms with Crippen LogP contribution in [0.3, 0.4) is 0 Å². The highest BCUT2D eigenvalue weighted by Gasteiger charge is 2.11. The minimum absolute atomic E-state index is 0.500. The zero-order chi connectivity index (χ0) is 14.5. The van der Waals surface area contributed by atoms with Crippen molar-refractivity contribution < 1.29 is 4.74 Å². The third kappa shape index (κ3) is 3.47. The fraction of sp³-hybridized carbons (Fsp3) is 0.538. The van der Waals surface area contributed by atoms with Gasteiger partial charge in [-0.3, -0.25) is 4.90 Å². The molecule has 0 aromatic carbocycles. The van der Waals surface area contributed by atoms with Crippen LogP contribution in [0.15, 0.2) is 16.9 Å². The normalized spacial score (nSPS) is 11.6. The number of aromatic nitrogens is 3. The van der Waals surface area contributed by atoms with Gasteiger partial charge in [0.1, 0.15) is 19.0 Å². The lowest BCUT2D eigenvalue weighted by atomic mass is 10.2. The van der Waals surface area contributed by atoms with Crippen LogP contribution >= 0.6 is 15.9 Å². The van der Waals surface area contributed by atoms with Gasteiger partial charge in [0.25, 0.3) is 0 Å². The summed E-state index contributed by atoms with van der Waals surface area (Å²) in [4.78, 5) is 6.31. The molecule has 0 saturated carbocycles. The Morgan fingerprint density at radius 2 is 2.25 bits per heavy atom. The second kappa shape index (κ2) is 7.01. The number of fused-ring (bicyclic) bond motifs is 1. The number of halogens is 1. The largest absolute Gasteiger partial charge is 0.435 e. The quantitative estimate of drug-likeness (QED) is 0.764. The molecule has 0 aliphatic carbocycles. The van der Waals surface area contributed by atoms with Crippen molar-refractivity contribution in [1.29, 1.82) is 0 Å². The van der Waals surface area contributed by atoms with Crippen molar-refractivity contribution in [2.45, 2.75) is 12.8 Å². The van der Waals surface area contributed by atoms with Gasteiger partial charge in [0.2, 0.25) is 0 Å². The van der Waals surface area contributed by atoms with Gasteiger partial charge in [0.15, 0.2) is 12.4 Å². The molecule has 0 aliphatic rings. The van der Waals surface area contributed by atoms with Crippen molar-refractivity contribution >= 4 is 27.3 Å². The number of hydrogen-bond donors (Lipinski definition) is 1. The molecule has 2 rings (SSSR count). The number of nitrogen functional groups attached to an aromatic ring is 1. The van der Waals surface area contributed by atoms with E-state index in [1.165, 1.54) is 6.33 Å². The smallest absolute Gasteiger partial charge is 0.157 e. The Balaban J connectivity index is 1.99. The number of likely N-dealkylation sites (N-methyl/N-ethyl adjacent to an activating group) is 1. The number of nitrogens with zero attached hydrogens (tertiary/aromatic N) is 4. The molecule has 3 N–H and O–H groups in total. The molecule has 6 nitrogen and oxygen atoms in total. The molecule has 0 unspecified atom stereocenters. The number of nitrogens with two attached hydrogens (primary N) is 1. The van der Waals surface area contributed by atoms with E-state index in [4.69, 9.17) is 5.73 Å². The van der Waals surface area contributed by atoms with E-state index in [2.05, 4.69) is 48.8 Å². The van der Waals surface area contributed by atoms with Gasteiger partial charge in [-0.05, 0) is 48.4 Å². The summed E-state index contributed by atoms with van der Waals surface area (Å²) in [5.41, 5.74) is 7.88. The summed E-state index contributed by atoms with van der Waals surface area (Å²) >= 11 is 3.52. The SMILES string of the molecule is C[OH+]CCN(C)CCCc1cc(Br)c2c(N)ncnn12. The highest BCUT2D eigenvalue weighted by atomic mass is 79.9. The van der Waals surface area contributed by atoms with Gasteiger partial charge in [0.05, 0.1) is 6.54 Å². The Morgan fingerprint density at radius 3 is 3.00 bits per heavy atom. The zero-order valence-electron chi connectivity index (χ0n) is 11.9. The number of anilines is 1. The van der Waals surface area contributed by atoms with E-state index in [-0.39, 0.29) is 0 Å². The molecule has 0 atom stereocenters. The molecule has 0 radical (unpaired) electrons. The van der Waals surface area contributed by atoms with E-state index in [9.17, 15) is 0 Å². The fourth-order valence-electron chi connectivity index (χ4n) is 2.17. The molecule has 0 spiro atoms. The maximum atomic E-state index is 5.88. The van der Waals surface area contributed by atoms with E-state index >= 15 is 0 Å². The van der Waals surface area contributed by atoms with Gasteiger partial charge < -0.3 is 10.5 Å². The molecular formula is C13H21BrN5O+. The molecule has 0 aliphatic heterocycles. The molecule has 0 saturated heterocycles. The molecule has 2 heterocycles. The molecule has 2 aromatic heterocycles. The number of hydrogen-bond acceptors (Lipinski definition) is 4. The lowest BCUT2D eigenvalue weighted by Gasteiger charge is -2.14. The molecule has 7 heteroatoms. The van der Waals surface area contributed by atoms with E-state index in [1.807, 2.05) is 11.6 Å². The van der Waals surface area contributed by atoms with Crippen LogP contribution in [-0.2, 0) is 6.42 Å².